The molecule has 0 unspecified atom stereocenters. The van der Waals surface area contributed by atoms with Crippen LogP contribution in [0.5, 0.6) is 0 Å². The van der Waals surface area contributed by atoms with E-state index in [1.807, 2.05) is 18.3 Å². The van der Waals surface area contributed by atoms with Crippen molar-refractivity contribution in [2.75, 3.05) is 11.5 Å². The number of aromatic nitrogens is 2. The Bertz CT molecular complexity index is 1050. The van der Waals surface area contributed by atoms with Crippen molar-refractivity contribution < 1.29 is 4.74 Å². The van der Waals surface area contributed by atoms with Crippen LogP contribution in [0.4, 0.5) is 5.69 Å². The van der Waals surface area contributed by atoms with Crippen LogP contribution in [0.1, 0.15) is 47.4 Å². The molecule has 5 nitrogen and oxygen atoms in total. The van der Waals surface area contributed by atoms with Crippen molar-refractivity contribution in [2.45, 2.75) is 51.4 Å². The molecule has 6 heteroatoms. The van der Waals surface area contributed by atoms with Crippen LogP contribution in [0, 0.1) is 13.8 Å². The fourth-order valence-corrected chi connectivity index (χ4v) is 5.24. The SMILES string of the molecule is Cc1cc(C)cc(N2C(=S)N[C@@H](c3ccccn3)[C@@H]2c2cccn2C[C@@H]2CCCO2)c1. The summed E-state index contributed by atoms with van der Waals surface area (Å²) < 4.78 is 8.27. The van der Waals surface area contributed by atoms with Gasteiger partial charge in [0.1, 0.15) is 6.04 Å². The van der Waals surface area contributed by atoms with Gasteiger partial charge < -0.3 is 19.5 Å². The fraction of sp³-hybridized carbons (Fsp3) is 0.360. The van der Waals surface area contributed by atoms with Crippen molar-refractivity contribution in [3.8, 4) is 0 Å². The van der Waals surface area contributed by atoms with E-state index in [0.29, 0.717) is 0 Å². The topological polar surface area (TPSA) is 42.3 Å². The molecule has 2 aliphatic heterocycles. The number of hydrogen-bond acceptors (Lipinski definition) is 3. The summed E-state index contributed by atoms with van der Waals surface area (Å²) in [5.74, 6) is 0. The lowest BCUT2D eigenvalue weighted by Crippen LogP contribution is -2.31. The first-order chi connectivity index (χ1) is 15.1. The molecule has 1 N–H and O–H groups in total. The van der Waals surface area contributed by atoms with Crippen LogP contribution < -0.4 is 10.2 Å². The Labute approximate surface area is 189 Å². The number of benzene rings is 1. The van der Waals surface area contributed by atoms with Crippen molar-refractivity contribution in [1.82, 2.24) is 14.9 Å². The minimum absolute atomic E-state index is 0.00000283. The largest absolute Gasteiger partial charge is 0.376 e. The van der Waals surface area contributed by atoms with Gasteiger partial charge in [-0.1, -0.05) is 12.1 Å². The van der Waals surface area contributed by atoms with E-state index in [0.717, 1.165) is 42.5 Å². The summed E-state index contributed by atoms with van der Waals surface area (Å²) in [5.41, 5.74) is 5.78. The number of aryl methyl sites for hydroxylation is 2. The van der Waals surface area contributed by atoms with Crippen molar-refractivity contribution in [2.24, 2.45) is 0 Å². The van der Waals surface area contributed by atoms with Gasteiger partial charge >= 0.3 is 0 Å². The van der Waals surface area contributed by atoms with Gasteiger partial charge in [-0.25, -0.2) is 0 Å². The summed E-state index contributed by atoms with van der Waals surface area (Å²) in [6, 6.07) is 17.0. The highest BCUT2D eigenvalue weighted by Gasteiger charge is 2.42. The number of pyridine rings is 1. The van der Waals surface area contributed by atoms with Gasteiger partial charge in [0.05, 0.1) is 17.8 Å². The monoisotopic (exact) mass is 432 g/mol. The zero-order valence-corrected chi connectivity index (χ0v) is 18.8. The summed E-state index contributed by atoms with van der Waals surface area (Å²) in [7, 11) is 0. The van der Waals surface area contributed by atoms with Gasteiger partial charge in [0, 0.05) is 36.9 Å². The van der Waals surface area contributed by atoms with E-state index in [-0.39, 0.29) is 18.2 Å². The molecule has 3 aromatic rings. The predicted octanol–water partition coefficient (Wildman–Crippen LogP) is 4.86. The summed E-state index contributed by atoms with van der Waals surface area (Å²) in [5, 5.41) is 4.30. The van der Waals surface area contributed by atoms with Crippen molar-refractivity contribution in [3.63, 3.8) is 0 Å². The third-order valence-electron chi connectivity index (χ3n) is 6.17. The number of thiocarbonyl (C=S) groups is 1. The third-order valence-corrected chi connectivity index (χ3v) is 6.49. The summed E-state index contributed by atoms with van der Waals surface area (Å²) in [6.07, 6.45) is 6.54. The normalized spacial score (nSPS) is 23.4. The molecule has 0 bridgehead atoms. The van der Waals surface area contributed by atoms with Gasteiger partial charge in [0.2, 0.25) is 0 Å². The molecule has 2 aliphatic rings. The first-order valence-corrected chi connectivity index (χ1v) is 11.4. The van der Waals surface area contributed by atoms with Gasteiger partial charge in [-0.15, -0.1) is 0 Å². The maximum absolute atomic E-state index is 5.93. The van der Waals surface area contributed by atoms with Crippen LogP contribution in [0.2, 0.25) is 0 Å². The predicted molar refractivity (Wildman–Crippen MR) is 127 cm³/mol. The molecule has 0 amide bonds. The number of anilines is 1. The Kier molecular flexibility index (Phi) is 5.50. The highest BCUT2D eigenvalue weighted by molar-refractivity contribution is 7.80. The Morgan fingerprint density at radius 3 is 2.68 bits per heavy atom. The molecular formula is C25H28N4OS. The molecule has 4 heterocycles. The third kappa shape index (κ3) is 3.98. The van der Waals surface area contributed by atoms with Crippen molar-refractivity contribution >= 4 is 23.0 Å². The molecule has 0 spiro atoms. The van der Waals surface area contributed by atoms with Crippen LogP contribution in [0.25, 0.3) is 0 Å². The molecule has 1 aromatic carbocycles. The molecule has 0 saturated carbocycles. The van der Waals surface area contributed by atoms with Gasteiger partial charge in [-0.3, -0.25) is 4.98 Å². The quantitative estimate of drug-likeness (QED) is 0.584. The van der Waals surface area contributed by atoms with Gasteiger partial charge in [0.25, 0.3) is 0 Å². The fourth-order valence-electron chi connectivity index (χ4n) is 4.89. The second-order valence-electron chi connectivity index (χ2n) is 8.56. The first-order valence-electron chi connectivity index (χ1n) is 11.0. The van der Waals surface area contributed by atoms with E-state index in [4.69, 9.17) is 17.0 Å². The average molecular weight is 433 g/mol. The van der Waals surface area contributed by atoms with Crippen LogP contribution in [-0.4, -0.2) is 27.4 Å². The second kappa shape index (κ2) is 8.44. The van der Waals surface area contributed by atoms with Gasteiger partial charge in [-0.2, -0.15) is 0 Å². The Balaban J connectivity index is 1.59. The smallest absolute Gasteiger partial charge is 0.174 e. The molecule has 31 heavy (non-hydrogen) atoms. The number of hydrogen-bond donors (Lipinski definition) is 1. The molecule has 0 radical (unpaired) electrons. The number of nitrogens with zero attached hydrogens (tertiary/aromatic N) is 3. The standard InChI is InChI=1S/C25H28N4OS/c1-17-13-18(2)15-19(14-17)29-24(23(27-25(29)31)21-8-3-4-10-26-21)22-9-5-11-28(22)16-20-7-6-12-30-20/h3-5,8-11,13-15,20,23-24H,6-7,12,16H2,1-2H3,(H,27,31)/t20-,23-,24-/m0/s1. The molecule has 2 fully saturated rings. The van der Waals surface area contributed by atoms with E-state index >= 15 is 0 Å². The van der Waals surface area contributed by atoms with Crippen LogP contribution in [0.3, 0.4) is 0 Å². The van der Waals surface area contributed by atoms with E-state index in [1.54, 1.807) is 0 Å². The van der Waals surface area contributed by atoms with E-state index in [2.05, 4.69) is 76.2 Å². The Morgan fingerprint density at radius 1 is 1.13 bits per heavy atom. The first kappa shape index (κ1) is 20.2. The highest BCUT2D eigenvalue weighted by atomic mass is 32.1. The minimum atomic E-state index is -0.0346. The van der Waals surface area contributed by atoms with Crippen LogP contribution in [-0.2, 0) is 11.3 Å². The lowest BCUT2D eigenvalue weighted by atomic mass is 10.00. The zero-order chi connectivity index (χ0) is 21.4. The molecular weight excluding hydrogens is 404 g/mol. The molecule has 2 aromatic heterocycles. The number of ether oxygens (including phenoxy) is 1. The second-order valence-corrected chi connectivity index (χ2v) is 8.95. The van der Waals surface area contributed by atoms with Crippen molar-refractivity contribution in [3.05, 3.63) is 83.4 Å². The van der Waals surface area contributed by atoms with Crippen molar-refractivity contribution in [1.29, 1.82) is 0 Å². The summed E-state index contributed by atoms with van der Waals surface area (Å²) in [6.45, 7) is 5.99. The Hall–Kier alpha value is -2.70. The summed E-state index contributed by atoms with van der Waals surface area (Å²) >= 11 is 5.88. The lowest BCUT2D eigenvalue weighted by Gasteiger charge is -2.30. The van der Waals surface area contributed by atoms with E-state index in [9.17, 15) is 0 Å². The maximum atomic E-state index is 5.93. The molecule has 3 atom stereocenters. The maximum Gasteiger partial charge on any atom is 0.174 e. The minimum Gasteiger partial charge on any atom is -0.376 e. The lowest BCUT2D eigenvalue weighted by molar-refractivity contribution is 0.0961. The Morgan fingerprint density at radius 2 is 1.97 bits per heavy atom. The molecule has 160 valence electrons. The number of rotatable bonds is 5. The number of nitrogens with one attached hydrogen (secondary N) is 1. The van der Waals surface area contributed by atoms with E-state index in [1.165, 1.54) is 16.8 Å². The van der Waals surface area contributed by atoms with Crippen LogP contribution in [0.15, 0.2) is 60.9 Å². The zero-order valence-electron chi connectivity index (χ0n) is 18.0. The molecule has 2 saturated heterocycles. The van der Waals surface area contributed by atoms with E-state index < -0.39 is 0 Å². The average Bonchev–Trinajstić information content (AvgIpc) is 3.48. The van der Waals surface area contributed by atoms with Crippen LogP contribution >= 0.6 is 12.2 Å². The van der Waals surface area contributed by atoms with Gasteiger partial charge in [-0.05, 0) is 86.4 Å². The summed E-state index contributed by atoms with van der Waals surface area (Å²) in [4.78, 5) is 6.93. The molecule has 0 aliphatic carbocycles. The molecule has 5 rings (SSSR count). The van der Waals surface area contributed by atoms with Gasteiger partial charge in [0.15, 0.2) is 5.11 Å². The highest BCUT2D eigenvalue weighted by Crippen LogP contribution is 2.42.